The molecular formula is C11H17N5O2S. The van der Waals surface area contributed by atoms with Gasteiger partial charge in [0.25, 0.3) is 5.91 Å². The molecule has 4 N–H and O–H groups in total. The molecule has 8 heteroatoms. The Labute approximate surface area is 115 Å². The van der Waals surface area contributed by atoms with Crippen LogP contribution >= 0.6 is 11.3 Å². The number of nitrogen functional groups attached to an aromatic ring is 1. The van der Waals surface area contributed by atoms with Gasteiger partial charge in [0, 0.05) is 33.1 Å². The second kappa shape index (κ2) is 5.43. The highest BCUT2D eigenvalue weighted by atomic mass is 32.1. The molecule has 1 aromatic rings. The minimum atomic E-state index is -0.121. The molecule has 19 heavy (non-hydrogen) atoms. The number of likely N-dealkylation sites (tertiary alicyclic amines) is 1. The van der Waals surface area contributed by atoms with Crippen molar-refractivity contribution in [2.75, 3.05) is 31.2 Å². The summed E-state index contributed by atoms with van der Waals surface area (Å²) in [6, 6.07) is 0.0272. The van der Waals surface area contributed by atoms with Gasteiger partial charge < -0.3 is 21.3 Å². The normalized spacial score (nSPS) is 18.4. The number of nitrogens with two attached hydrogens (primary N) is 1. The van der Waals surface area contributed by atoms with E-state index in [1.165, 1.54) is 18.3 Å². The highest BCUT2D eigenvalue weighted by Crippen LogP contribution is 2.27. The van der Waals surface area contributed by atoms with Crippen LogP contribution in [-0.4, -0.2) is 47.9 Å². The van der Waals surface area contributed by atoms with Crippen LogP contribution in [-0.2, 0) is 4.79 Å². The lowest BCUT2D eigenvalue weighted by atomic mass is 10.2. The predicted molar refractivity (Wildman–Crippen MR) is 74.2 cm³/mol. The van der Waals surface area contributed by atoms with Crippen LogP contribution in [0.4, 0.5) is 10.9 Å². The van der Waals surface area contributed by atoms with Gasteiger partial charge in [-0.15, -0.1) is 0 Å². The van der Waals surface area contributed by atoms with Crippen LogP contribution in [0.3, 0.4) is 0 Å². The summed E-state index contributed by atoms with van der Waals surface area (Å²) in [7, 11) is 1.73. The smallest absolute Gasteiger partial charge is 0.267 e. The lowest BCUT2D eigenvalue weighted by Gasteiger charge is -2.15. The molecular weight excluding hydrogens is 266 g/mol. The molecule has 1 aliphatic heterocycles. The number of nitrogens with one attached hydrogen (secondary N) is 2. The van der Waals surface area contributed by atoms with Crippen LogP contribution in [0.15, 0.2) is 0 Å². The van der Waals surface area contributed by atoms with Gasteiger partial charge in [-0.1, -0.05) is 11.3 Å². The Kier molecular flexibility index (Phi) is 3.89. The molecule has 1 atom stereocenters. The lowest BCUT2D eigenvalue weighted by molar-refractivity contribution is -0.119. The Hall–Kier alpha value is -1.83. The van der Waals surface area contributed by atoms with Crippen molar-refractivity contribution in [3.8, 4) is 0 Å². The third-order valence-corrected chi connectivity index (χ3v) is 4.02. The van der Waals surface area contributed by atoms with Crippen molar-refractivity contribution in [3.63, 3.8) is 0 Å². The Balaban J connectivity index is 2.04. The van der Waals surface area contributed by atoms with Gasteiger partial charge in [0.2, 0.25) is 5.91 Å². The van der Waals surface area contributed by atoms with E-state index in [0.29, 0.717) is 23.1 Å². The molecule has 1 unspecified atom stereocenters. The summed E-state index contributed by atoms with van der Waals surface area (Å²) in [6.45, 7) is 2.62. The number of amides is 2. The summed E-state index contributed by atoms with van der Waals surface area (Å²) in [5, 5.41) is 6.31. The standard InChI is InChI=1S/C11H17N5O2S/c1-6(17)14-7-3-4-16(5-7)10(18)8-9(12)15-11(13-2)19-8/h7H,3-5,12H2,1-2H3,(H,13,15)(H,14,17). The molecule has 7 nitrogen and oxygen atoms in total. The van der Waals surface area contributed by atoms with Crippen LogP contribution < -0.4 is 16.4 Å². The largest absolute Gasteiger partial charge is 0.382 e. The summed E-state index contributed by atoms with van der Waals surface area (Å²) in [5.74, 6) is 0.0563. The van der Waals surface area contributed by atoms with E-state index < -0.39 is 0 Å². The Morgan fingerprint density at radius 1 is 1.53 bits per heavy atom. The summed E-state index contributed by atoms with van der Waals surface area (Å²) < 4.78 is 0. The fourth-order valence-electron chi connectivity index (χ4n) is 2.09. The molecule has 2 amide bonds. The molecule has 0 spiro atoms. The van der Waals surface area contributed by atoms with Crippen molar-refractivity contribution >= 4 is 34.1 Å². The van der Waals surface area contributed by atoms with Gasteiger partial charge >= 0.3 is 0 Å². The van der Waals surface area contributed by atoms with Crippen molar-refractivity contribution < 1.29 is 9.59 Å². The zero-order valence-corrected chi connectivity index (χ0v) is 11.7. The summed E-state index contributed by atoms with van der Waals surface area (Å²) in [4.78, 5) is 29.5. The van der Waals surface area contributed by atoms with E-state index in [4.69, 9.17) is 5.73 Å². The number of hydrogen-bond donors (Lipinski definition) is 3. The Morgan fingerprint density at radius 3 is 2.84 bits per heavy atom. The number of carbonyl (C=O) groups excluding carboxylic acids is 2. The quantitative estimate of drug-likeness (QED) is 0.731. The van der Waals surface area contributed by atoms with Gasteiger partial charge in [0.15, 0.2) is 5.13 Å². The molecule has 0 aliphatic carbocycles. The molecule has 0 radical (unpaired) electrons. The first-order valence-corrected chi connectivity index (χ1v) is 6.83. The van der Waals surface area contributed by atoms with E-state index in [9.17, 15) is 9.59 Å². The van der Waals surface area contributed by atoms with E-state index in [1.807, 2.05) is 0 Å². The zero-order valence-electron chi connectivity index (χ0n) is 10.9. The Morgan fingerprint density at radius 2 is 2.26 bits per heavy atom. The predicted octanol–water partition coefficient (Wildman–Crippen LogP) is 0.118. The van der Waals surface area contributed by atoms with Crippen LogP contribution in [0.1, 0.15) is 23.0 Å². The maximum absolute atomic E-state index is 12.3. The average Bonchev–Trinajstić information content (AvgIpc) is 2.94. The topological polar surface area (TPSA) is 100 Å². The fraction of sp³-hybridized carbons (Fsp3) is 0.545. The van der Waals surface area contributed by atoms with E-state index >= 15 is 0 Å². The van der Waals surface area contributed by atoms with Gasteiger partial charge in [-0.05, 0) is 6.42 Å². The number of anilines is 2. The summed E-state index contributed by atoms with van der Waals surface area (Å²) in [6.07, 6.45) is 0.767. The van der Waals surface area contributed by atoms with Crippen LogP contribution in [0.5, 0.6) is 0 Å². The van der Waals surface area contributed by atoms with Crippen molar-refractivity contribution in [3.05, 3.63) is 4.88 Å². The second-order valence-corrected chi connectivity index (χ2v) is 5.42. The summed E-state index contributed by atoms with van der Waals surface area (Å²) >= 11 is 1.24. The SMILES string of the molecule is CNc1nc(N)c(C(=O)N2CCC(NC(C)=O)C2)s1. The van der Waals surface area contributed by atoms with Crippen LogP contribution in [0, 0.1) is 0 Å². The Bertz CT molecular complexity index is 501. The van der Waals surface area contributed by atoms with E-state index in [2.05, 4.69) is 15.6 Å². The fourth-order valence-corrected chi connectivity index (χ4v) is 2.89. The van der Waals surface area contributed by atoms with E-state index in [1.54, 1.807) is 11.9 Å². The van der Waals surface area contributed by atoms with Gasteiger partial charge in [0.05, 0.1) is 0 Å². The second-order valence-electron chi connectivity index (χ2n) is 4.42. The van der Waals surface area contributed by atoms with Gasteiger partial charge in [-0.25, -0.2) is 4.98 Å². The van der Waals surface area contributed by atoms with Crippen molar-refractivity contribution in [1.82, 2.24) is 15.2 Å². The number of nitrogens with zero attached hydrogens (tertiary/aromatic N) is 2. The third kappa shape index (κ3) is 2.95. The number of hydrogen-bond acceptors (Lipinski definition) is 6. The first-order chi connectivity index (χ1) is 9.01. The van der Waals surface area contributed by atoms with Gasteiger partial charge in [0.1, 0.15) is 10.7 Å². The molecule has 1 aliphatic rings. The van der Waals surface area contributed by atoms with Crippen LogP contribution in [0.2, 0.25) is 0 Å². The molecule has 2 rings (SSSR count). The molecule has 0 aromatic carbocycles. The summed E-state index contributed by atoms with van der Waals surface area (Å²) in [5.41, 5.74) is 5.74. The van der Waals surface area contributed by atoms with Gasteiger partial charge in [-0.3, -0.25) is 9.59 Å². The monoisotopic (exact) mass is 283 g/mol. The van der Waals surface area contributed by atoms with Gasteiger partial charge in [-0.2, -0.15) is 0 Å². The molecule has 1 saturated heterocycles. The zero-order chi connectivity index (χ0) is 14.0. The number of carbonyl (C=O) groups is 2. The molecule has 0 saturated carbocycles. The highest BCUT2D eigenvalue weighted by Gasteiger charge is 2.29. The minimum absolute atomic E-state index is 0.0272. The number of aromatic nitrogens is 1. The molecule has 0 bridgehead atoms. The average molecular weight is 283 g/mol. The molecule has 1 aromatic heterocycles. The van der Waals surface area contributed by atoms with E-state index in [-0.39, 0.29) is 23.7 Å². The van der Waals surface area contributed by atoms with Crippen molar-refractivity contribution in [2.24, 2.45) is 0 Å². The van der Waals surface area contributed by atoms with Crippen molar-refractivity contribution in [2.45, 2.75) is 19.4 Å². The van der Waals surface area contributed by atoms with Crippen molar-refractivity contribution in [1.29, 1.82) is 0 Å². The first-order valence-electron chi connectivity index (χ1n) is 6.01. The third-order valence-electron chi connectivity index (χ3n) is 2.94. The number of thiazole rings is 1. The van der Waals surface area contributed by atoms with Crippen LogP contribution in [0.25, 0.3) is 0 Å². The highest BCUT2D eigenvalue weighted by molar-refractivity contribution is 7.18. The number of rotatable bonds is 3. The maximum atomic E-state index is 12.3. The minimum Gasteiger partial charge on any atom is -0.382 e. The first kappa shape index (κ1) is 13.6. The molecule has 104 valence electrons. The molecule has 2 heterocycles. The molecule has 1 fully saturated rings. The van der Waals surface area contributed by atoms with E-state index in [0.717, 1.165) is 6.42 Å². The lowest BCUT2D eigenvalue weighted by Crippen LogP contribution is -2.37. The maximum Gasteiger partial charge on any atom is 0.267 e.